The maximum absolute atomic E-state index is 11.4. The molecule has 0 amide bonds. The summed E-state index contributed by atoms with van der Waals surface area (Å²) in [6.45, 7) is 0. The van der Waals surface area contributed by atoms with Crippen molar-refractivity contribution in [3.8, 4) is 0 Å². The van der Waals surface area contributed by atoms with Crippen LogP contribution in [0.4, 0.5) is 0 Å². The van der Waals surface area contributed by atoms with Crippen molar-refractivity contribution in [2.75, 3.05) is 0 Å². The second-order valence-corrected chi connectivity index (χ2v) is 4.08. The van der Waals surface area contributed by atoms with E-state index in [0.29, 0.717) is 0 Å². The van der Waals surface area contributed by atoms with E-state index >= 15 is 0 Å². The molecule has 0 radical (unpaired) electrons. The van der Waals surface area contributed by atoms with Crippen molar-refractivity contribution in [1.29, 1.82) is 0 Å². The van der Waals surface area contributed by atoms with E-state index in [1.807, 2.05) is 0 Å². The van der Waals surface area contributed by atoms with Gasteiger partial charge in [0.1, 0.15) is 8.96 Å². The molecule has 0 aromatic carbocycles. The number of hydrogen-bond acceptors (Lipinski definition) is 6. The molecule has 0 unspecified atom stereocenters. The quantitative estimate of drug-likeness (QED) is 0.412. The van der Waals surface area contributed by atoms with E-state index in [-0.39, 0.29) is 0 Å². The Morgan fingerprint density at radius 3 is 1.38 bits per heavy atom. The van der Waals surface area contributed by atoms with Crippen LogP contribution >= 0.6 is 31.9 Å². The molecule has 0 aliphatic heterocycles. The Bertz CT molecular complexity index is 463. The number of rotatable bonds is 2. The van der Waals surface area contributed by atoms with E-state index in [1.165, 1.54) is 0 Å². The van der Waals surface area contributed by atoms with Crippen LogP contribution in [0.25, 0.3) is 0 Å². The first-order chi connectivity index (χ1) is 7.29. The smallest absolute Gasteiger partial charge is 0.287 e. The summed E-state index contributed by atoms with van der Waals surface area (Å²) in [5, 5.41) is 21.0. The lowest BCUT2D eigenvalue weighted by molar-refractivity contribution is -0.434. The van der Waals surface area contributed by atoms with E-state index in [9.17, 15) is 29.8 Å². The molecule has 0 heterocycles. The SMILES string of the molecule is O=C1C(Br)=C([N+](=O)[O-])C(=O)C([N+](=O)[O-])=C1Br. The largest absolute Gasteiger partial charge is 0.341 e. The maximum atomic E-state index is 11.4. The van der Waals surface area contributed by atoms with Gasteiger partial charge >= 0.3 is 17.2 Å². The molecule has 1 aliphatic carbocycles. The minimum atomic E-state index is -1.42. The lowest BCUT2D eigenvalue weighted by Crippen LogP contribution is -2.27. The number of hydrogen-bond donors (Lipinski definition) is 0. The molecule has 8 nitrogen and oxygen atoms in total. The minimum Gasteiger partial charge on any atom is -0.287 e. The molecule has 1 rings (SSSR count). The van der Waals surface area contributed by atoms with Gasteiger partial charge in [0.05, 0.1) is 9.85 Å². The zero-order valence-corrected chi connectivity index (χ0v) is 10.3. The predicted molar refractivity (Wildman–Crippen MR) is 55.9 cm³/mol. The van der Waals surface area contributed by atoms with Gasteiger partial charge in [-0.15, -0.1) is 0 Å². The number of carbonyl (C=O) groups is 2. The summed E-state index contributed by atoms with van der Waals surface area (Å²) in [5.74, 6) is -2.44. The van der Waals surface area contributed by atoms with E-state index in [2.05, 4.69) is 31.9 Å². The van der Waals surface area contributed by atoms with Crippen molar-refractivity contribution in [1.82, 2.24) is 0 Å². The van der Waals surface area contributed by atoms with E-state index < -0.39 is 41.8 Å². The molecule has 1 aliphatic rings. The average molecular weight is 356 g/mol. The first-order valence-corrected chi connectivity index (χ1v) is 5.05. The van der Waals surface area contributed by atoms with Crippen LogP contribution in [-0.2, 0) is 9.59 Å². The molecule has 0 saturated heterocycles. The first-order valence-electron chi connectivity index (χ1n) is 3.46. The molecule has 0 spiro atoms. The van der Waals surface area contributed by atoms with Gasteiger partial charge in [-0.05, 0) is 31.9 Å². The third-order valence-electron chi connectivity index (χ3n) is 1.61. The second kappa shape index (κ2) is 4.22. The van der Waals surface area contributed by atoms with Gasteiger partial charge < -0.3 is 0 Å². The lowest BCUT2D eigenvalue weighted by Gasteiger charge is -2.06. The van der Waals surface area contributed by atoms with Gasteiger partial charge in [0.15, 0.2) is 0 Å². The van der Waals surface area contributed by atoms with Gasteiger partial charge in [-0.2, -0.15) is 0 Å². The summed E-state index contributed by atoms with van der Waals surface area (Å²) >= 11 is 5.12. The fourth-order valence-corrected chi connectivity index (χ4v) is 2.26. The van der Waals surface area contributed by atoms with Crippen LogP contribution in [0.2, 0.25) is 0 Å². The van der Waals surface area contributed by atoms with Crippen molar-refractivity contribution in [3.63, 3.8) is 0 Å². The number of ketones is 2. The maximum Gasteiger partial charge on any atom is 0.341 e. The van der Waals surface area contributed by atoms with Crippen molar-refractivity contribution >= 4 is 43.4 Å². The molecule has 16 heavy (non-hydrogen) atoms. The number of halogens is 2. The highest BCUT2D eigenvalue weighted by Gasteiger charge is 2.46. The zero-order valence-electron chi connectivity index (χ0n) is 7.10. The van der Waals surface area contributed by atoms with Crippen molar-refractivity contribution in [2.45, 2.75) is 0 Å². The summed E-state index contributed by atoms with van der Waals surface area (Å²) in [5.41, 5.74) is -2.28. The molecule has 0 N–H and O–H groups in total. The van der Waals surface area contributed by atoms with E-state index in [4.69, 9.17) is 0 Å². The Balaban J connectivity index is 3.51. The molecule has 0 saturated carbocycles. The Labute approximate surface area is 104 Å². The molecule has 0 aromatic heterocycles. The van der Waals surface area contributed by atoms with E-state index in [1.54, 1.807) is 0 Å². The summed E-state index contributed by atoms with van der Waals surface area (Å²) in [6, 6.07) is 0. The predicted octanol–water partition coefficient (Wildman–Crippen LogP) is 0.905. The van der Waals surface area contributed by atoms with Gasteiger partial charge in [0.2, 0.25) is 5.78 Å². The molecule has 10 heteroatoms. The molecule has 0 atom stereocenters. The number of allylic oxidation sites excluding steroid dienone is 2. The number of nitrogens with zero attached hydrogens (tertiary/aromatic N) is 2. The Hall–Kier alpha value is -1.42. The van der Waals surface area contributed by atoms with Crippen LogP contribution in [-0.4, -0.2) is 21.4 Å². The summed E-state index contributed by atoms with van der Waals surface area (Å²) in [4.78, 5) is 41.4. The van der Waals surface area contributed by atoms with Crippen molar-refractivity contribution < 1.29 is 19.4 Å². The summed E-state index contributed by atoms with van der Waals surface area (Å²) in [7, 11) is 0. The summed E-state index contributed by atoms with van der Waals surface area (Å²) < 4.78 is -1.22. The molecule has 84 valence electrons. The zero-order chi connectivity index (χ0) is 12.6. The standard InChI is InChI=1S/C6Br2N2O6/c7-1-3(9(13)14)6(12)4(10(15)16)2(8)5(1)11. The fraction of sp³-hybridized carbons (Fsp3) is 0. The molecular weight excluding hydrogens is 356 g/mol. The normalized spacial score (nSPS) is 16.9. The van der Waals surface area contributed by atoms with E-state index in [0.717, 1.165) is 0 Å². The lowest BCUT2D eigenvalue weighted by atomic mass is 10.1. The first kappa shape index (κ1) is 12.6. The van der Waals surface area contributed by atoms with Gasteiger partial charge in [-0.1, -0.05) is 0 Å². The Morgan fingerprint density at radius 1 is 0.812 bits per heavy atom. The van der Waals surface area contributed by atoms with Crippen LogP contribution in [0.5, 0.6) is 0 Å². The van der Waals surface area contributed by atoms with Crippen LogP contribution in [0.15, 0.2) is 20.4 Å². The van der Waals surface area contributed by atoms with Crippen LogP contribution in [0.3, 0.4) is 0 Å². The third-order valence-corrected chi connectivity index (χ3v) is 3.08. The second-order valence-electron chi connectivity index (χ2n) is 2.50. The number of nitro groups is 2. The van der Waals surface area contributed by atoms with Gasteiger partial charge in [-0.3, -0.25) is 29.8 Å². The topological polar surface area (TPSA) is 120 Å². The number of Topliss-reactive ketones (excluding diaryl/α,β-unsaturated/α-hetero) is 2. The van der Waals surface area contributed by atoms with Crippen molar-refractivity contribution in [2.24, 2.45) is 0 Å². The fourth-order valence-electron chi connectivity index (χ4n) is 0.949. The van der Waals surface area contributed by atoms with Crippen LogP contribution in [0, 0.1) is 20.2 Å². The van der Waals surface area contributed by atoms with Crippen LogP contribution in [0.1, 0.15) is 0 Å². The van der Waals surface area contributed by atoms with Gasteiger partial charge in [0, 0.05) is 0 Å². The molecular formula is C6Br2N2O6. The molecule has 0 fully saturated rings. The van der Waals surface area contributed by atoms with Crippen LogP contribution < -0.4 is 0 Å². The van der Waals surface area contributed by atoms with Crippen molar-refractivity contribution in [3.05, 3.63) is 40.6 Å². The van der Waals surface area contributed by atoms with Gasteiger partial charge in [0.25, 0.3) is 0 Å². The highest BCUT2D eigenvalue weighted by Crippen LogP contribution is 2.31. The Kier molecular flexibility index (Phi) is 3.33. The summed E-state index contributed by atoms with van der Waals surface area (Å²) in [6.07, 6.45) is 0. The molecule has 0 bridgehead atoms. The number of carbonyl (C=O) groups excluding carboxylic acids is 2. The highest BCUT2D eigenvalue weighted by atomic mass is 79.9. The highest BCUT2D eigenvalue weighted by molar-refractivity contribution is 9.13. The minimum absolute atomic E-state index is 0.611. The monoisotopic (exact) mass is 354 g/mol. The molecule has 0 aromatic rings. The average Bonchev–Trinajstić information content (AvgIpc) is 2.13. The Morgan fingerprint density at radius 2 is 1.12 bits per heavy atom. The van der Waals surface area contributed by atoms with Gasteiger partial charge in [-0.25, -0.2) is 0 Å². The third kappa shape index (κ3) is 1.80.